The third-order valence-electron chi connectivity index (χ3n) is 7.43. The number of amides is 1. The molecule has 200 valence electrons. The molecular formula is C27H30FN5O4S. The Morgan fingerprint density at radius 1 is 1.26 bits per heavy atom. The second-order valence-corrected chi connectivity index (χ2v) is 10.8. The van der Waals surface area contributed by atoms with Crippen molar-refractivity contribution in [3.63, 3.8) is 0 Å². The first-order chi connectivity index (χ1) is 18.6. The van der Waals surface area contributed by atoms with E-state index in [-0.39, 0.29) is 16.8 Å². The Hall–Kier alpha value is -3.12. The zero-order valence-electron chi connectivity index (χ0n) is 21.2. The number of rotatable bonds is 7. The molecule has 0 aliphatic carbocycles. The van der Waals surface area contributed by atoms with E-state index >= 15 is 4.39 Å². The summed E-state index contributed by atoms with van der Waals surface area (Å²) in [5, 5.41) is 3.03. The van der Waals surface area contributed by atoms with Gasteiger partial charge in [-0.15, -0.1) is 11.3 Å². The van der Waals surface area contributed by atoms with Crippen LogP contribution in [0.4, 0.5) is 10.2 Å². The fourth-order valence-corrected chi connectivity index (χ4v) is 6.75. The summed E-state index contributed by atoms with van der Waals surface area (Å²) in [6.07, 6.45) is 2.17. The average molecular weight is 540 g/mol. The number of carbonyl (C=O) groups excluding carboxylic acids is 1. The van der Waals surface area contributed by atoms with Crippen molar-refractivity contribution in [1.29, 1.82) is 0 Å². The Morgan fingerprint density at radius 3 is 2.89 bits per heavy atom. The number of nitrogens with zero attached hydrogens (tertiary/aromatic N) is 4. The van der Waals surface area contributed by atoms with Gasteiger partial charge in [-0.05, 0) is 37.6 Å². The predicted molar refractivity (Wildman–Crippen MR) is 146 cm³/mol. The molecule has 3 aromatic heterocycles. The normalized spacial score (nSPS) is 18.7. The van der Waals surface area contributed by atoms with E-state index in [4.69, 9.17) is 9.47 Å². The lowest BCUT2D eigenvalue weighted by Crippen LogP contribution is -2.40. The number of methoxy groups -OCH3 is 1. The van der Waals surface area contributed by atoms with Crippen molar-refractivity contribution in [3.8, 4) is 0 Å². The minimum Gasteiger partial charge on any atom is -0.383 e. The van der Waals surface area contributed by atoms with Crippen molar-refractivity contribution >= 4 is 49.1 Å². The van der Waals surface area contributed by atoms with Gasteiger partial charge in [0.15, 0.2) is 17.3 Å². The average Bonchev–Trinajstić information content (AvgIpc) is 3.53. The lowest BCUT2D eigenvalue weighted by atomic mass is 10.1. The lowest BCUT2D eigenvalue weighted by molar-refractivity contribution is 0.0932. The number of pyridine rings is 2. The molecule has 2 aliphatic rings. The summed E-state index contributed by atoms with van der Waals surface area (Å²) in [4.78, 5) is 36.5. The Bertz CT molecular complexity index is 1560. The molecule has 0 spiro atoms. The summed E-state index contributed by atoms with van der Waals surface area (Å²) in [7, 11) is 1.70. The molecule has 1 amide bonds. The summed E-state index contributed by atoms with van der Waals surface area (Å²) in [5.74, 6) is -0.848. The highest BCUT2D eigenvalue weighted by Crippen LogP contribution is 2.32. The number of ether oxygens (including phenoxy) is 2. The third-order valence-corrected chi connectivity index (χ3v) is 8.58. The molecule has 2 saturated heterocycles. The number of morpholine rings is 1. The van der Waals surface area contributed by atoms with Crippen molar-refractivity contribution < 1.29 is 18.7 Å². The van der Waals surface area contributed by atoms with Crippen molar-refractivity contribution in [1.82, 2.24) is 19.6 Å². The molecule has 0 saturated carbocycles. The van der Waals surface area contributed by atoms with Crippen LogP contribution in [0, 0.1) is 5.82 Å². The highest BCUT2D eigenvalue weighted by Gasteiger charge is 2.27. The van der Waals surface area contributed by atoms with Crippen molar-refractivity contribution in [3.05, 3.63) is 51.9 Å². The topological polar surface area (TPSA) is 88.4 Å². The van der Waals surface area contributed by atoms with Gasteiger partial charge in [0.05, 0.1) is 35.4 Å². The van der Waals surface area contributed by atoms with E-state index < -0.39 is 17.2 Å². The van der Waals surface area contributed by atoms with Gasteiger partial charge in [0.2, 0.25) is 5.43 Å². The third kappa shape index (κ3) is 4.43. The Morgan fingerprint density at radius 2 is 2.08 bits per heavy atom. The molecule has 1 aromatic carbocycles. The number of fused-ring (bicyclic) bond motifs is 5. The number of hydrogen-bond donors (Lipinski definition) is 1. The largest absolute Gasteiger partial charge is 0.383 e. The predicted octanol–water partition coefficient (Wildman–Crippen LogP) is 2.88. The van der Waals surface area contributed by atoms with Crippen LogP contribution in [0.15, 0.2) is 35.1 Å². The lowest BCUT2D eigenvalue weighted by Gasteiger charge is -2.28. The molecule has 0 bridgehead atoms. The second kappa shape index (κ2) is 10.6. The van der Waals surface area contributed by atoms with Crippen LogP contribution in [-0.4, -0.2) is 85.9 Å². The van der Waals surface area contributed by atoms with E-state index in [1.807, 2.05) is 33.6 Å². The SMILES string of the molecule is COCC1CCCN1CCNC(=O)c1c(=O)c2cc(F)c(N3CCOCC3)nc2n2c1sc1ccccc12. The summed E-state index contributed by atoms with van der Waals surface area (Å²) >= 11 is 1.36. The minimum atomic E-state index is -0.583. The van der Waals surface area contributed by atoms with Gasteiger partial charge in [0.25, 0.3) is 5.91 Å². The van der Waals surface area contributed by atoms with Crippen molar-refractivity contribution in [2.75, 3.05) is 64.6 Å². The van der Waals surface area contributed by atoms with Crippen molar-refractivity contribution in [2.45, 2.75) is 18.9 Å². The van der Waals surface area contributed by atoms with E-state index in [0.717, 1.165) is 29.6 Å². The van der Waals surface area contributed by atoms with Crippen LogP contribution in [-0.2, 0) is 9.47 Å². The standard InChI is InChI=1S/C27H30FN5O4S/c1-36-16-17-5-4-9-31(17)10-8-29-26(35)22-23(34)18-15-19(28)25(32-11-13-37-14-12-32)30-24(18)33-20-6-2-3-7-21(20)38-27(22)33/h2-3,6-7,15,17H,4-5,8-14,16H2,1H3,(H,29,35). The Kier molecular flexibility index (Phi) is 7.00. The molecule has 2 aliphatic heterocycles. The van der Waals surface area contributed by atoms with Crippen LogP contribution >= 0.6 is 11.3 Å². The Labute approximate surface area is 222 Å². The van der Waals surface area contributed by atoms with Gasteiger partial charge in [-0.25, -0.2) is 9.37 Å². The van der Waals surface area contributed by atoms with Crippen LogP contribution in [0.2, 0.25) is 0 Å². The molecular weight excluding hydrogens is 509 g/mol. The molecule has 1 unspecified atom stereocenters. The van der Waals surface area contributed by atoms with Crippen LogP contribution in [0.5, 0.6) is 0 Å². The van der Waals surface area contributed by atoms with E-state index in [2.05, 4.69) is 15.2 Å². The zero-order chi connectivity index (χ0) is 26.2. The molecule has 38 heavy (non-hydrogen) atoms. The van der Waals surface area contributed by atoms with Gasteiger partial charge < -0.3 is 19.7 Å². The monoisotopic (exact) mass is 539 g/mol. The van der Waals surface area contributed by atoms with Crippen LogP contribution < -0.4 is 15.6 Å². The molecule has 1 N–H and O–H groups in total. The van der Waals surface area contributed by atoms with Gasteiger partial charge in [-0.3, -0.25) is 18.9 Å². The number of likely N-dealkylation sites (tertiary alicyclic amines) is 1. The number of aromatic nitrogens is 2. The number of carbonyl (C=O) groups is 1. The molecule has 9 nitrogen and oxygen atoms in total. The van der Waals surface area contributed by atoms with Crippen LogP contribution in [0.3, 0.4) is 0 Å². The van der Waals surface area contributed by atoms with Gasteiger partial charge in [0.1, 0.15) is 10.4 Å². The highest BCUT2D eigenvalue weighted by molar-refractivity contribution is 7.24. The van der Waals surface area contributed by atoms with E-state index in [1.54, 1.807) is 7.11 Å². The van der Waals surface area contributed by atoms with E-state index in [0.29, 0.717) is 62.5 Å². The summed E-state index contributed by atoms with van der Waals surface area (Å²) in [6, 6.07) is 9.25. The first-order valence-electron chi connectivity index (χ1n) is 13.0. The molecule has 1 atom stereocenters. The first kappa shape index (κ1) is 25.2. The van der Waals surface area contributed by atoms with Gasteiger partial charge in [0, 0.05) is 39.3 Å². The molecule has 5 heterocycles. The minimum absolute atomic E-state index is 0.0221. The fraction of sp³-hybridized carbons (Fsp3) is 0.444. The summed E-state index contributed by atoms with van der Waals surface area (Å²) in [5.41, 5.74) is 0.677. The number of benzene rings is 1. The van der Waals surface area contributed by atoms with Crippen molar-refractivity contribution in [2.24, 2.45) is 0 Å². The quantitative estimate of drug-likeness (QED) is 0.386. The molecule has 2 fully saturated rings. The van der Waals surface area contributed by atoms with Gasteiger partial charge in [-0.1, -0.05) is 12.1 Å². The molecule has 4 aromatic rings. The number of thiazole rings is 1. The van der Waals surface area contributed by atoms with Gasteiger partial charge >= 0.3 is 0 Å². The molecule has 0 radical (unpaired) electrons. The summed E-state index contributed by atoms with van der Waals surface area (Å²) < 4.78 is 28.8. The summed E-state index contributed by atoms with van der Waals surface area (Å²) in [6.45, 7) is 4.69. The number of para-hydroxylation sites is 1. The number of hydrogen-bond acceptors (Lipinski definition) is 8. The number of anilines is 1. The maximum Gasteiger partial charge on any atom is 0.258 e. The molecule has 11 heteroatoms. The second-order valence-electron chi connectivity index (χ2n) is 9.72. The smallest absolute Gasteiger partial charge is 0.258 e. The first-order valence-corrected chi connectivity index (χ1v) is 13.8. The maximum atomic E-state index is 15.3. The van der Waals surface area contributed by atoms with Crippen LogP contribution in [0.25, 0.3) is 26.1 Å². The number of nitrogens with one attached hydrogen (secondary N) is 1. The molecule has 6 rings (SSSR count). The maximum absolute atomic E-state index is 15.3. The van der Waals surface area contributed by atoms with E-state index in [9.17, 15) is 9.59 Å². The highest BCUT2D eigenvalue weighted by atomic mass is 32.1. The van der Waals surface area contributed by atoms with Gasteiger partial charge in [-0.2, -0.15) is 0 Å². The number of halogens is 1. The fourth-order valence-electron chi connectivity index (χ4n) is 5.57. The van der Waals surface area contributed by atoms with E-state index in [1.165, 1.54) is 17.4 Å². The van der Waals surface area contributed by atoms with Crippen LogP contribution in [0.1, 0.15) is 23.2 Å². The zero-order valence-corrected chi connectivity index (χ0v) is 22.1. The Balaban J connectivity index is 1.42.